The van der Waals surface area contributed by atoms with Crippen LogP contribution in [0.15, 0.2) is 42.5 Å². The van der Waals surface area contributed by atoms with Gasteiger partial charge in [0.05, 0.1) is 0 Å². The first kappa shape index (κ1) is 15.2. The van der Waals surface area contributed by atoms with Gasteiger partial charge in [-0.3, -0.25) is 4.21 Å². The zero-order chi connectivity index (χ0) is 14.5. The van der Waals surface area contributed by atoms with Crippen LogP contribution in [0.2, 0.25) is 0 Å². The summed E-state index contributed by atoms with van der Waals surface area (Å²) in [6, 6.07) is 15.2. The molecule has 0 saturated heterocycles. The summed E-state index contributed by atoms with van der Waals surface area (Å²) in [4.78, 5) is 0. The van der Waals surface area contributed by atoms with Crippen molar-refractivity contribution >= 4 is 21.6 Å². The van der Waals surface area contributed by atoms with Gasteiger partial charge in [0.1, 0.15) is 0 Å². The van der Waals surface area contributed by atoms with Crippen LogP contribution in [0.25, 0.3) is 10.8 Å². The van der Waals surface area contributed by atoms with Crippen LogP contribution >= 0.6 is 0 Å². The lowest BCUT2D eigenvalue weighted by Gasteiger charge is -2.17. The second kappa shape index (κ2) is 7.00. The Morgan fingerprint density at radius 1 is 1.10 bits per heavy atom. The molecule has 3 atom stereocenters. The van der Waals surface area contributed by atoms with Crippen LogP contribution in [0.4, 0.5) is 0 Å². The topological polar surface area (TPSA) is 29.1 Å². The van der Waals surface area contributed by atoms with Gasteiger partial charge in [-0.25, -0.2) is 0 Å². The number of hydrogen-bond acceptors (Lipinski definition) is 2. The minimum atomic E-state index is -0.732. The van der Waals surface area contributed by atoms with Crippen molar-refractivity contribution in [3.8, 4) is 0 Å². The van der Waals surface area contributed by atoms with Crippen molar-refractivity contribution in [2.45, 2.75) is 31.6 Å². The molecule has 3 heteroatoms. The fourth-order valence-electron chi connectivity index (χ4n) is 2.41. The summed E-state index contributed by atoms with van der Waals surface area (Å²) in [5.41, 5.74) is 1.33. The molecular formula is C17H23NOS. The van der Waals surface area contributed by atoms with Crippen molar-refractivity contribution in [3.05, 3.63) is 48.0 Å². The van der Waals surface area contributed by atoms with Crippen LogP contribution in [0.1, 0.15) is 31.9 Å². The molecule has 3 unspecified atom stereocenters. The third-order valence-corrected chi connectivity index (χ3v) is 5.23. The molecule has 0 aliphatic rings. The predicted molar refractivity (Wildman–Crippen MR) is 88.5 cm³/mol. The van der Waals surface area contributed by atoms with E-state index < -0.39 is 10.8 Å². The van der Waals surface area contributed by atoms with Crippen molar-refractivity contribution in [1.82, 2.24) is 5.32 Å². The van der Waals surface area contributed by atoms with Crippen LogP contribution in [0.5, 0.6) is 0 Å². The average molecular weight is 289 g/mol. The van der Waals surface area contributed by atoms with Crippen molar-refractivity contribution < 1.29 is 4.21 Å². The summed E-state index contributed by atoms with van der Waals surface area (Å²) in [5.74, 6) is 0. The maximum absolute atomic E-state index is 11.3. The van der Waals surface area contributed by atoms with Crippen LogP contribution in [-0.2, 0) is 10.8 Å². The molecule has 2 nitrogen and oxygen atoms in total. The monoisotopic (exact) mass is 289 g/mol. The van der Waals surface area contributed by atoms with Gasteiger partial charge in [0.2, 0.25) is 0 Å². The van der Waals surface area contributed by atoms with E-state index in [0.717, 1.165) is 13.0 Å². The second-order valence-electron chi connectivity index (χ2n) is 5.34. The highest BCUT2D eigenvalue weighted by molar-refractivity contribution is 7.84. The Labute approximate surface area is 124 Å². The molecule has 1 N–H and O–H groups in total. The maximum Gasteiger partial charge on any atom is 0.0329 e. The minimum absolute atomic E-state index is 0.252. The molecule has 2 rings (SSSR count). The molecule has 0 heterocycles. The lowest BCUT2D eigenvalue weighted by molar-refractivity contribution is 0.556. The van der Waals surface area contributed by atoms with Crippen molar-refractivity contribution in [2.75, 3.05) is 12.8 Å². The van der Waals surface area contributed by atoms with E-state index in [1.54, 1.807) is 6.26 Å². The molecule has 108 valence electrons. The van der Waals surface area contributed by atoms with E-state index in [-0.39, 0.29) is 5.25 Å². The zero-order valence-electron chi connectivity index (χ0n) is 12.4. The van der Waals surface area contributed by atoms with Gasteiger partial charge < -0.3 is 5.32 Å². The lowest BCUT2D eigenvalue weighted by atomic mass is 9.99. The third-order valence-electron chi connectivity index (χ3n) is 3.86. The fourth-order valence-corrected chi connectivity index (χ4v) is 2.86. The standard InChI is InChI=1S/C17H23NOS/c1-13(20(3)19)11-12-18-14(2)16-10-6-8-15-7-4-5-9-17(15)16/h4-10,13-14,18H,11-12H2,1-3H3. The summed E-state index contributed by atoms with van der Waals surface area (Å²) in [5, 5.41) is 6.38. The van der Waals surface area contributed by atoms with Crippen LogP contribution in [0.3, 0.4) is 0 Å². The molecule has 2 aromatic carbocycles. The van der Waals surface area contributed by atoms with E-state index in [1.165, 1.54) is 16.3 Å². The molecule has 0 aliphatic heterocycles. The Kier molecular flexibility index (Phi) is 5.32. The number of hydrogen-bond donors (Lipinski definition) is 1. The molecule has 2 aromatic rings. The number of benzene rings is 2. The minimum Gasteiger partial charge on any atom is -0.310 e. The predicted octanol–water partition coefficient (Wildman–Crippen LogP) is 3.65. The normalized spacial score (nSPS) is 15.9. The van der Waals surface area contributed by atoms with Gasteiger partial charge in [-0.15, -0.1) is 0 Å². The summed E-state index contributed by atoms with van der Waals surface area (Å²) >= 11 is 0. The van der Waals surface area contributed by atoms with Crippen LogP contribution in [0, 0.1) is 0 Å². The molecule has 0 bridgehead atoms. The van der Waals surface area contributed by atoms with Crippen molar-refractivity contribution in [1.29, 1.82) is 0 Å². The van der Waals surface area contributed by atoms with Crippen molar-refractivity contribution in [2.24, 2.45) is 0 Å². The van der Waals surface area contributed by atoms with Gasteiger partial charge in [-0.2, -0.15) is 0 Å². The third kappa shape index (κ3) is 3.68. The van der Waals surface area contributed by atoms with Crippen molar-refractivity contribution in [3.63, 3.8) is 0 Å². The summed E-state index contributed by atoms with van der Waals surface area (Å²) in [7, 11) is -0.732. The molecule has 20 heavy (non-hydrogen) atoms. The van der Waals surface area contributed by atoms with Gasteiger partial charge in [0.25, 0.3) is 0 Å². The lowest BCUT2D eigenvalue weighted by Crippen LogP contribution is -2.24. The first-order valence-corrected chi connectivity index (χ1v) is 8.75. The highest BCUT2D eigenvalue weighted by Crippen LogP contribution is 2.23. The van der Waals surface area contributed by atoms with Gasteiger partial charge in [-0.05, 0) is 36.2 Å². The number of fused-ring (bicyclic) bond motifs is 1. The van der Waals surface area contributed by atoms with Crippen LogP contribution < -0.4 is 5.32 Å². The summed E-state index contributed by atoms with van der Waals surface area (Å²) in [6.45, 7) is 5.13. The van der Waals surface area contributed by atoms with E-state index in [2.05, 4.69) is 54.7 Å². The molecule has 0 saturated carbocycles. The van der Waals surface area contributed by atoms with E-state index in [4.69, 9.17) is 0 Å². The SMILES string of the molecule is CC(NCCC(C)S(C)=O)c1cccc2ccccc12. The highest BCUT2D eigenvalue weighted by atomic mass is 32.2. The van der Waals surface area contributed by atoms with E-state index in [0.29, 0.717) is 6.04 Å². The van der Waals surface area contributed by atoms with E-state index in [9.17, 15) is 4.21 Å². The van der Waals surface area contributed by atoms with Gasteiger partial charge in [-0.1, -0.05) is 49.4 Å². The molecule has 0 radical (unpaired) electrons. The number of rotatable bonds is 6. The average Bonchev–Trinajstić information content (AvgIpc) is 2.46. The second-order valence-corrected chi connectivity index (χ2v) is 7.14. The molecule has 0 spiro atoms. The first-order valence-electron chi connectivity index (χ1n) is 7.13. The largest absolute Gasteiger partial charge is 0.310 e. The molecule has 0 amide bonds. The maximum atomic E-state index is 11.3. The Morgan fingerprint density at radius 2 is 1.80 bits per heavy atom. The van der Waals surface area contributed by atoms with Gasteiger partial charge in [0.15, 0.2) is 0 Å². The first-order chi connectivity index (χ1) is 9.59. The van der Waals surface area contributed by atoms with Gasteiger partial charge >= 0.3 is 0 Å². The van der Waals surface area contributed by atoms with E-state index >= 15 is 0 Å². The summed E-state index contributed by atoms with van der Waals surface area (Å²) < 4.78 is 11.3. The molecule has 0 aromatic heterocycles. The van der Waals surface area contributed by atoms with Gasteiger partial charge in [0, 0.05) is 28.3 Å². The Morgan fingerprint density at radius 3 is 2.55 bits per heavy atom. The van der Waals surface area contributed by atoms with E-state index in [1.807, 2.05) is 6.92 Å². The smallest absolute Gasteiger partial charge is 0.0329 e. The summed E-state index contributed by atoms with van der Waals surface area (Å²) in [6.07, 6.45) is 2.72. The molecule has 0 aliphatic carbocycles. The highest BCUT2D eigenvalue weighted by Gasteiger charge is 2.10. The zero-order valence-corrected chi connectivity index (χ0v) is 13.2. The Bertz CT molecular complexity index is 591. The Hall–Kier alpha value is -1.19. The molecule has 0 fully saturated rings. The van der Waals surface area contributed by atoms with Crippen LogP contribution in [-0.4, -0.2) is 22.3 Å². The quantitative estimate of drug-likeness (QED) is 0.879. The molecular weight excluding hydrogens is 266 g/mol. The fraction of sp³-hybridized carbons (Fsp3) is 0.412. The number of nitrogens with one attached hydrogen (secondary N) is 1. The Balaban J connectivity index is 2.04.